The first-order chi connectivity index (χ1) is 17.8. The monoisotopic (exact) mass is 564 g/mol. The van der Waals surface area contributed by atoms with E-state index in [0.717, 1.165) is 11.3 Å². The first-order valence-electron chi connectivity index (χ1n) is 11.9. The van der Waals surface area contributed by atoms with Crippen molar-refractivity contribution in [1.82, 2.24) is 14.5 Å². The average Bonchev–Trinajstić information content (AvgIpc) is 2.90. The van der Waals surface area contributed by atoms with Gasteiger partial charge in [-0.1, -0.05) is 30.3 Å². The van der Waals surface area contributed by atoms with Gasteiger partial charge in [-0.05, 0) is 60.5 Å². The van der Waals surface area contributed by atoms with E-state index < -0.39 is 6.04 Å². The second kappa shape index (κ2) is 11.0. The van der Waals surface area contributed by atoms with E-state index in [1.807, 2.05) is 51.1 Å². The molecule has 0 aliphatic heterocycles. The van der Waals surface area contributed by atoms with Crippen LogP contribution in [0.2, 0.25) is 0 Å². The van der Waals surface area contributed by atoms with Crippen molar-refractivity contribution in [2.45, 2.75) is 26.8 Å². The fourth-order valence-electron chi connectivity index (χ4n) is 4.28. The number of amides is 2. The minimum absolute atomic E-state index is 0.265. The lowest BCUT2D eigenvalue weighted by molar-refractivity contribution is 0.193. The third-order valence-corrected chi connectivity index (χ3v) is 7.12. The van der Waals surface area contributed by atoms with E-state index in [1.54, 1.807) is 49.5 Å². The number of benzene rings is 3. The minimum Gasteiger partial charge on any atom is -0.497 e. The number of para-hydroxylation sites is 2. The summed E-state index contributed by atoms with van der Waals surface area (Å²) in [5.41, 5.74) is 2.46. The van der Waals surface area contributed by atoms with E-state index in [2.05, 4.69) is 21.2 Å². The number of ether oxygens (including phenoxy) is 2. The number of aromatic nitrogens is 2. The van der Waals surface area contributed by atoms with Crippen LogP contribution in [0.25, 0.3) is 16.6 Å². The number of rotatable bonds is 7. The Hall–Kier alpha value is -3.85. The maximum Gasteiger partial charge on any atom is 0.322 e. The van der Waals surface area contributed by atoms with Gasteiger partial charge in [-0.25, -0.2) is 9.78 Å². The van der Waals surface area contributed by atoms with Crippen molar-refractivity contribution < 1.29 is 14.3 Å². The third-order valence-electron chi connectivity index (χ3n) is 6.32. The molecule has 1 aromatic heterocycles. The number of nitrogens with one attached hydrogen (secondary N) is 1. The number of carbonyl (C=O) groups excluding carboxylic acids is 1. The zero-order valence-corrected chi connectivity index (χ0v) is 23.0. The molecule has 0 bridgehead atoms. The standard InChI is InChI=1S/C28H29BrN4O4/c1-6-32(28(35)31-21-13-9-7-11-17(21)2)18(3)26-30-22-14-10-8-12-20(22)27(34)33(26)23-15-19(36-4)16-24(37-5)25(23)29/h7-16,18H,6H2,1-5H3,(H,31,35). The number of urea groups is 1. The van der Waals surface area contributed by atoms with E-state index >= 15 is 0 Å². The van der Waals surface area contributed by atoms with Crippen LogP contribution in [0.3, 0.4) is 0 Å². The van der Waals surface area contributed by atoms with Gasteiger partial charge in [-0.3, -0.25) is 9.36 Å². The molecule has 2 amide bonds. The smallest absolute Gasteiger partial charge is 0.322 e. The van der Waals surface area contributed by atoms with Crippen LogP contribution in [-0.2, 0) is 0 Å². The Bertz CT molecular complexity index is 1520. The lowest BCUT2D eigenvalue weighted by atomic mass is 10.1. The molecule has 1 unspecified atom stereocenters. The Balaban J connectivity index is 1.91. The Morgan fingerprint density at radius 3 is 2.49 bits per heavy atom. The highest BCUT2D eigenvalue weighted by molar-refractivity contribution is 9.10. The maximum absolute atomic E-state index is 13.9. The predicted molar refractivity (Wildman–Crippen MR) is 149 cm³/mol. The van der Waals surface area contributed by atoms with Crippen molar-refractivity contribution in [3.05, 3.63) is 86.9 Å². The quantitative estimate of drug-likeness (QED) is 0.293. The molecule has 0 radical (unpaired) electrons. The summed E-state index contributed by atoms with van der Waals surface area (Å²) in [6.45, 7) is 6.08. The first-order valence-corrected chi connectivity index (χ1v) is 12.7. The molecule has 3 aromatic carbocycles. The molecular weight excluding hydrogens is 536 g/mol. The van der Waals surface area contributed by atoms with Crippen molar-refractivity contribution in [2.24, 2.45) is 0 Å². The minimum atomic E-state index is -0.560. The topological polar surface area (TPSA) is 85.7 Å². The molecule has 1 atom stereocenters. The van der Waals surface area contributed by atoms with Gasteiger partial charge in [0.2, 0.25) is 0 Å². The normalized spacial score (nSPS) is 11.7. The molecule has 1 heterocycles. The van der Waals surface area contributed by atoms with Crippen LogP contribution in [0.4, 0.5) is 10.5 Å². The number of halogens is 1. The summed E-state index contributed by atoms with van der Waals surface area (Å²) in [5.74, 6) is 1.41. The van der Waals surface area contributed by atoms with E-state index in [1.165, 1.54) is 4.57 Å². The fourth-order valence-corrected chi connectivity index (χ4v) is 4.85. The molecule has 0 fully saturated rings. The van der Waals surface area contributed by atoms with Crippen LogP contribution in [0.1, 0.15) is 31.3 Å². The lowest BCUT2D eigenvalue weighted by Gasteiger charge is -2.30. The van der Waals surface area contributed by atoms with Crippen LogP contribution < -0.4 is 20.3 Å². The maximum atomic E-state index is 13.9. The van der Waals surface area contributed by atoms with Gasteiger partial charge in [-0.15, -0.1) is 0 Å². The number of hydrogen-bond acceptors (Lipinski definition) is 5. The van der Waals surface area contributed by atoms with Gasteiger partial charge in [0, 0.05) is 24.4 Å². The first kappa shape index (κ1) is 26.2. The highest BCUT2D eigenvalue weighted by atomic mass is 79.9. The fraction of sp³-hybridized carbons (Fsp3) is 0.250. The van der Waals surface area contributed by atoms with Gasteiger partial charge in [0.25, 0.3) is 5.56 Å². The lowest BCUT2D eigenvalue weighted by Crippen LogP contribution is -2.40. The molecular formula is C28H29BrN4O4. The average molecular weight is 565 g/mol. The summed E-state index contributed by atoms with van der Waals surface area (Å²) < 4.78 is 13.1. The molecule has 1 N–H and O–H groups in total. The molecule has 4 rings (SSSR count). The number of aryl methyl sites for hydroxylation is 1. The molecule has 0 saturated carbocycles. The number of carbonyl (C=O) groups is 1. The number of nitrogens with zero attached hydrogens (tertiary/aromatic N) is 3. The Morgan fingerprint density at radius 2 is 1.81 bits per heavy atom. The van der Waals surface area contributed by atoms with Gasteiger partial charge in [-0.2, -0.15) is 0 Å². The molecule has 9 heteroatoms. The van der Waals surface area contributed by atoms with Gasteiger partial charge in [0.05, 0.1) is 41.3 Å². The van der Waals surface area contributed by atoms with E-state index in [0.29, 0.717) is 44.9 Å². The SMILES string of the molecule is CCN(C(=O)Nc1ccccc1C)C(C)c1nc2ccccc2c(=O)n1-c1cc(OC)cc(OC)c1Br. The van der Waals surface area contributed by atoms with Gasteiger partial charge >= 0.3 is 6.03 Å². The highest BCUT2D eigenvalue weighted by Crippen LogP contribution is 2.37. The van der Waals surface area contributed by atoms with E-state index in [-0.39, 0.29) is 11.6 Å². The highest BCUT2D eigenvalue weighted by Gasteiger charge is 2.27. The number of methoxy groups -OCH3 is 2. The number of anilines is 1. The Morgan fingerprint density at radius 1 is 1.11 bits per heavy atom. The molecule has 0 spiro atoms. The summed E-state index contributed by atoms with van der Waals surface area (Å²) in [6.07, 6.45) is 0. The molecule has 0 saturated heterocycles. The third kappa shape index (κ3) is 5.04. The van der Waals surface area contributed by atoms with Gasteiger partial charge in [0.1, 0.15) is 17.3 Å². The molecule has 8 nitrogen and oxygen atoms in total. The second-order valence-electron chi connectivity index (χ2n) is 8.50. The number of hydrogen-bond donors (Lipinski definition) is 1. The zero-order valence-electron chi connectivity index (χ0n) is 21.4. The Labute approximate surface area is 224 Å². The van der Waals surface area contributed by atoms with Crippen LogP contribution in [0, 0.1) is 6.92 Å². The Kier molecular flexibility index (Phi) is 7.83. The van der Waals surface area contributed by atoms with Crippen molar-refractivity contribution in [1.29, 1.82) is 0 Å². The summed E-state index contributed by atoms with van der Waals surface area (Å²) in [5, 5.41) is 3.45. The van der Waals surface area contributed by atoms with E-state index in [4.69, 9.17) is 14.5 Å². The molecule has 4 aromatic rings. The zero-order chi connectivity index (χ0) is 26.7. The summed E-state index contributed by atoms with van der Waals surface area (Å²) in [7, 11) is 3.09. The van der Waals surface area contributed by atoms with Crippen LogP contribution >= 0.6 is 15.9 Å². The van der Waals surface area contributed by atoms with Gasteiger partial charge < -0.3 is 19.7 Å². The van der Waals surface area contributed by atoms with Crippen molar-refractivity contribution in [3.8, 4) is 17.2 Å². The summed E-state index contributed by atoms with van der Waals surface area (Å²) in [6, 6.07) is 17.4. The number of fused-ring (bicyclic) bond motifs is 1. The summed E-state index contributed by atoms with van der Waals surface area (Å²) in [4.78, 5) is 33.9. The van der Waals surface area contributed by atoms with Crippen LogP contribution in [0.15, 0.2) is 69.9 Å². The molecule has 192 valence electrons. The van der Waals surface area contributed by atoms with Crippen molar-refractivity contribution in [3.63, 3.8) is 0 Å². The van der Waals surface area contributed by atoms with Crippen LogP contribution in [-0.4, -0.2) is 41.2 Å². The molecule has 0 aliphatic rings. The van der Waals surface area contributed by atoms with Crippen molar-refractivity contribution in [2.75, 3.05) is 26.1 Å². The molecule has 37 heavy (non-hydrogen) atoms. The second-order valence-corrected chi connectivity index (χ2v) is 9.29. The largest absolute Gasteiger partial charge is 0.497 e. The summed E-state index contributed by atoms with van der Waals surface area (Å²) >= 11 is 3.60. The predicted octanol–water partition coefficient (Wildman–Crippen LogP) is 6.09. The van der Waals surface area contributed by atoms with E-state index in [9.17, 15) is 9.59 Å². The van der Waals surface area contributed by atoms with Gasteiger partial charge in [0.15, 0.2) is 0 Å². The van der Waals surface area contributed by atoms with Crippen molar-refractivity contribution >= 4 is 38.6 Å². The molecule has 0 aliphatic carbocycles. The van der Waals surface area contributed by atoms with Crippen LogP contribution in [0.5, 0.6) is 11.5 Å².